The lowest BCUT2D eigenvalue weighted by Gasteiger charge is -2.03. The Morgan fingerprint density at radius 3 is 2.95 bits per heavy atom. The highest BCUT2D eigenvalue weighted by molar-refractivity contribution is 9.11. The number of carbonyl (C=O) groups is 1. The lowest BCUT2D eigenvalue weighted by Crippen LogP contribution is -2.23. The van der Waals surface area contributed by atoms with Crippen molar-refractivity contribution in [1.29, 1.82) is 0 Å². The van der Waals surface area contributed by atoms with Crippen LogP contribution >= 0.6 is 27.3 Å². The molecule has 2 rings (SSSR count). The van der Waals surface area contributed by atoms with Crippen molar-refractivity contribution in [2.75, 3.05) is 7.11 Å². The number of esters is 1. The molecule has 2 heterocycles. The number of aromatic amines is 1. The van der Waals surface area contributed by atoms with Gasteiger partial charge in [0.2, 0.25) is 10.0 Å². The van der Waals surface area contributed by atoms with Crippen LogP contribution in [0.3, 0.4) is 0 Å². The van der Waals surface area contributed by atoms with E-state index in [1.165, 1.54) is 19.4 Å². The van der Waals surface area contributed by atoms with Crippen molar-refractivity contribution in [2.45, 2.75) is 11.4 Å². The first-order chi connectivity index (χ1) is 9.44. The number of thiophene rings is 1. The zero-order valence-corrected chi connectivity index (χ0v) is 13.4. The molecule has 0 saturated carbocycles. The molecule has 7 nitrogen and oxygen atoms in total. The molecule has 10 heteroatoms. The summed E-state index contributed by atoms with van der Waals surface area (Å²) in [7, 11) is -2.51. The summed E-state index contributed by atoms with van der Waals surface area (Å²) in [5.74, 6) is -0.0868. The highest BCUT2D eigenvalue weighted by Gasteiger charge is 2.23. The van der Waals surface area contributed by atoms with Crippen LogP contribution in [0.4, 0.5) is 0 Å². The lowest BCUT2D eigenvalue weighted by molar-refractivity contribution is 0.0606. The zero-order valence-electron chi connectivity index (χ0n) is 10.2. The standard InChI is InChI=1S/C10H10BrN3O4S2/c1-18-10(15)6-4-7(9(11)19-6)20(16,17)14-5-8-12-2-3-13-8/h2-4,14H,5H2,1H3,(H,12,13). The minimum absolute atomic E-state index is 0.00513. The Morgan fingerprint density at radius 1 is 1.60 bits per heavy atom. The van der Waals surface area contributed by atoms with Crippen molar-refractivity contribution in [3.8, 4) is 0 Å². The average molecular weight is 380 g/mol. The van der Waals surface area contributed by atoms with Gasteiger partial charge < -0.3 is 9.72 Å². The van der Waals surface area contributed by atoms with Crippen molar-refractivity contribution < 1.29 is 17.9 Å². The Hall–Kier alpha value is -1.23. The van der Waals surface area contributed by atoms with Crippen LogP contribution in [0.15, 0.2) is 27.1 Å². The second kappa shape index (κ2) is 6.04. The fourth-order valence-corrected chi connectivity index (χ4v) is 4.84. The Balaban J connectivity index is 2.21. The number of aromatic nitrogens is 2. The van der Waals surface area contributed by atoms with Gasteiger partial charge in [-0.1, -0.05) is 0 Å². The van der Waals surface area contributed by atoms with Gasteiger partial charge in [-0.15, -0.1) is 11.3 Å². The van der Waals surface area contributed by atoms with E-state index in [2.05, 4.69) is 35.4 Å². The van der Waals surface area contributed by atoms with Gasteiger partial charge in [-0.3, -0.25) is 0 Å². The number of carbonyl (C=O) groups excluding carboxylic acids is 1. The van der Waals surface area contributed by atoms with Crippen molar-refractivity contribution in [3.63, 3.8) is 0 Å². The van der Waals surface area contributed by atoms with Crippen molar-refractivity contribution in [1.82, 2.24) is 14.7 Å². The number of sulfonamides is 1. The van der Waals surface area contributed by atoms with Gasteiger partial charge in [0.15, 0.2) is 0 Å². The molecule has 0 aliphatic heterocycles. The van der Waals surface area contributed by atoms with Gasteiger partial charge in [-0.2, -0.15) is 0 Å². The Bertz CT molecular complexity index is 709. The predicted octanol–water partition coefficient (Wildman–Crippen LogP) is 1.50. The van der Waals surface area contributed by atoms with Crippen molar-refractivity contribution >= 4 is 43.3 Å². The number of nitrogens with one attached hydrogen (secondary N) is 2. The normalized spacial score (nSPS) is 11.5. The first-order valence-electron chi connectivity index (χ1n) is 5.29. The molecule has 20 heavy (non-hydrogen) atoms. The molecule has 2 N–H and O–H groups in total. The van der Waals surface area contributed by atoms with Crippen LogP contribution in [0.5, 0.6) is 0 Å². The number of methoxy groups -OCH3 is 1. The van der Waals surface area contributed by atoms with E-state index in [0.717, 1.165) is 11.3 Å². The van der Waals surface area contributed by atoms with Gasteiger partial charge >= 0.3 is 5.97 Å². The number of H-pyrrole nitrogens is 1. The van der Waals surface area contributed by atoms with Crippen LogP contribution in [0, 0.1) is 0 Å². The molecule has 0 aliphatic rings. The van der Waals surface area contributed by atoms with E-state index in [1.807, 2.05) is 0 Å². The summed E-state index contributed by atoms with van der Waals surface area (Å²) in [6, 6.07) is 1.27. The van der Waals surface area contributed by atoms with Crippen LogP contribution < -0.4 is 4.72 Å². The smallest absolute Gasteiger partial charge is 0.348 e. The van der Waals surface area contributed by atoms with Gasteiger partial charge in [-0.25, -0.2) is 22.9 Å². The lowest BCUT2D eigenvalue weighted by atomic mass is 10.5. The second-order valence-corrected chi connectivity index (χ2v) is 7.71. The molecule has 0 bridgehead atoms. The van der Waals surface area contributed by atoms with Gasteiger partial charge in [0.1, 0.15) is 15.6 Å². The third-order valence-electron chi connectivity index (χ3n) is 2.32. The number of hydrogen-bond acceptors (Lipinski definition) is 6. The highest BCUT2D eigenvalue weighted by Crippen LogP contribution is 2.32. The summed E-state index contributed by atoms with van der Waals surface area (Å²) in [5.41, 5.74) is 0. The van der Waals surface area contributed by atoms with E-state index in [9.17, 15) is 13.2 Å². The molecule has 0 amide bonds. The molecule has 108 valence electrons. The third-order valence-corrected chi connectivity index (χ3v) is 5.95. The van der Waals surface area contributed by atoms with Crippen LogP contribution in [-0.4, -0.2) is 31.5 Å². The zero-order chi connectivity index (χ0) is 14.8. The van der Waals surface area contributed by atoms with E-state index in [-0.39, 0.29) is 16.3 Å². The van der Waals surface area contributed by atoms with E-state index < -0.39 is 16.0 Å². The maximum absolute atomic E-state index is 12.1. The minimum Gasteiger partial charge on any atom is -0.465 e. The van der Waals surface area contributed by atoms with Gasteiger partial charge in [0.05, 0.1) is 17.4 Å². The van der Waals surface area contributed by atoms with Gasteiger partial charge in [0.25, 0.3) is 0 Å². The van der Waals surface area contributed by atoms with E-state index >= 15 is 0 Å². The molecule has 0 aromatic carbocycles. The topological polar surface area (TPSA) is 101 Å². The Labute approximate surface area is 127 Å². The Kier molecular flexibility index (Phi) is 4.58. The minimum atomic E-state index is -3.74. The number of imidazole rings is 1. The summed E-state index contributed by atoms with van der Waals surface area (Å²) in [6.07, 6.45) is 3.12. The van der Waals surface area contributed by atoms with E-state index in [0.29, 0.717) is 9.61 Å². The molecule has 0 spiro atoms. The molecular weight excluding hydrogens is 370 g/mol. The summed E-state index contributed by atoms with van der Waals surface area (Å²) in [5, 5.41) is 0. The second-order valence-electron chi connectivity index (χ2n) is 3.60. The predicted molar refractivity (Wildman–Crippen MR) is 76.0 cm³/mol. The fraction of sp³-hybridized carbons (Fsp3) is 0.200. The molecule has 0 aliphatic carbocycles. The van der Waals surface area contributed by atoms with Gasteiger partial charge in [-0.05, 0) is 22.0 Å². The van der Waals surface area contributed by atoms with Crippen LogP contribution in [0.2, 0.25) is 0 Å². The molecule has 0 saturated heterocycles. The number of nitrogens with zero attached hydrogens (tertiary/aromatic N) is 1. The van der Waals surface area contributed by atoms with Crippen LogP contribution in [0.25, 0.3) is 0 Å². The summed E-state index contributed by atoms with van der Waals surface area (Å²) < 4.78 is 31.6. The van der Waals surface area contributed by atoms with E-state index in [1.54, 1.807) is 6.20 Å². The summed E-state index contributed by atoms with van der Waals surface area (Å²) in [4.78, 5) is 18.3. The summed E-state index contributed by atoms with van der Waals surface area (Å²) >= 11 is 4.13. The monoisotopic (exact) mass is 379 g/mol. The average Bonchev–Trinajstić information content (AvgIpc) is 3.05. The maximum Gasteiger partial charge on any atom is 0.348 e. The number of ether oxygens (including phenoxy) is 1. The highest BCUT2D eigenvalue weighted by atomic mass is 79.9. The molecule has 0 unspecified atom stereocenters. The number of halogens is 1. The molecule has 0 radical (unpaired) electrons. The first kappa shape index (κ1) is 15.2. The molecule has 2 aromatic heterocycles. The van der Waals surface area contributed by atoms with E-state index in [4.69, 9.17) is 0 Å². The SMILES string of the molecule is COC(=O)c1cc(S(=O)(=O)NCc2ncc[nH]2)c(Br)s1. The van der Waals surface area contributed by atoms with Crippen LogP contribution in [-0.2, 0) is 21.3 Å². The Morgan fingerprint density at radius 2 is 2.35 bits per heavy atom. The molecule has 2 aromatic rings. The molecular formula is C10H10BrN3O4S2. The first-order valence-corrected chi connectivity index (χ1v) is 8.39. The maximum atomic E-state index is 12.1. The molecule has 0 atom stereocenters. The number of rotatable bonds is 5. The largest absolute Gasteiger partial charge is 0.465 e. The van der Waals surface area contributed by atoms with Crippen molar-refractivity contribution in [3.05, 3.63) is 32.9 Å². The van der Waals surface area contributed by atoms with Gasteiger partial charge in [0, 0.05) is 12.4 Å². The third kappa shape index (κ3) is 3.26. The van der Waals surface area contributed by atoms with Crippen molar-refractivity contribution in [2.24, 2.45) is 0 Å². The fourth-order valence-electron chi connectivity index (χ4n) is 1.37. The molecule has 0 fully saturated rings. The summed E-state index contributed by atoms with van der Waals surface area (Å²) in [6.45, 7) is 0.0329. The quantitative estimate of drug-likeness (QED) is 0.766. The van der Waals surface area contributed by atoms with Crippen LogP contribution in [0.1, 0.15) is 15.5 Å². The number of hydrogen-bond donors (Lipinski definition) is 2.